The Morgan fingerprint density at radius 2 is 1.74 bits per heavy atom. The molecule has 1 atom stereocenters. The fraction of sp³-hybridized carbons (Fsp3) is 0.579. The number of nitrogens with one attached hydrogen (secondary N) is 1. The third kappa shape index (κ3) is 15.8. The first-order valence-electron chi connectivity index (χ1n) is 11.2. The van der Waals surface area contributed by atoms with Gasteiger partial charge in [0.2, 0.25) is 0 Å². The number of aliphatic hydroxyl groups is 1. The SMILES string of the molecule is O=C(O)CCC(=O)O.[2H]C([2H])([2H])C(NCC(O)COc1ccc(CCOC)cc1)C([2H])([2H])[2H]. The van der Waals surface area contributed by atoms with Gasteiger partial charge < -0.3 is 30.1 Å². The molecule has 0 bridgehead atoms. The molecule has 0 saturated heterocycles. The van der Waals surface area contributed by atoms with E-state index in [0.717, 1.165) is 12.0 Å². The molecule has 27 heavy (non-hydrogen) atoms. The molecule has 1 aromatic carbocycles. The molecule has 0 aliphatic heterocycles. The van der Waals surface area contributed by atoms with Crippen LogP contribution in [0.2, 0.25) is 0 Å². The summed E-state index contributed by atoms with van der Waals surface area (Å²) in [5.74, 6) is -1.59. The molecule has 8 nitrogen and oxygen atoms in total. The van der Waals surface area contributed by atoms with Gasteiger partial charge in [-0.3, -0.25) is 9.59 Å². The number of benzene rings is 1. The monoisotopic (exact) mass is 391 g/mol. The summed E-state index contributed by atoms with van der Waals surface area (Å²) in [6.45, 7) is -5.04. The molecule has 0 aromatic heterocycles. The van der Waals surface area contributed by atoms with Gasteiger partial charge >= 0.3 is 11.9 Å². The number of rotatable bonds is 12. The molecule has 4 N–H and O–H groups in total. The number of hydrogen-bond donors (Lipinski definition) is 4. The van der Waals surface area contributed by atoms with E-state index in [2.05, 4.69) is 5.32 Å². The van der Waals surface area contributed by atoms with Crippen LogP contribution in [0.1, 0.15) is 40.3 Å². The van der Waals surface area contributed by atoms with Crippen molar-refractivity contribution in [2.45, 2.75) is 45.1 Å². The van der Waals surface area contributed by atoms with Gasteiger partial charge in [0.05, 0.1) is 19.4 Å². The van der Waals surface area contributed by atoms with Crippen molar-refractivity contribution in [3.63, 3.8) is 0 Å². The first-order valence-corrected chi connectivity index (χ1v) is 8.22. The van der Waals surface area contributed by atoms with Gasteiger partial charge in [-0.25, -0.2) is 0 Å². The second-order valence-electron chi connectivity index (χ2n) is 5.48. The van der Waals surface area contributed by atoms with Crippen molar-refractivity contribution < 1.29 is 42.6 Å². The van der Waals surface area contributed by atoms with E-state index in [1.165, 1.54) is 0 Å². The number of carbonyl (C=O) groups is 2. The lowest BCUT2D eigenvalue weighted by atomic mass is 10.1. The number of aliphatic hydroxyl groups excluding tert-OH is 1. The first-order chi connectivity index (χ1) is 15.2. The zero-order valence-corrected chi connectivity index (χ0v) is 15.2. The van der Waals surface area contributed by atoms with Crippen LogP contribution >= 0.6 is 0 Å². The Kier molecular flexibility index (Phi) is 8.78. The Morgan fingerprint density at radius 3 is 2.22 bits per heavy atom. The summed E-state index contributed by atoms with van der Waals surface area (Å²) in [5, 5.41) is 28.1. The van der Waals surface area contributed by atoms with E-state index in [1.54, 1.807) is 19.2 Å². The number of carboxylic acid groups (broad SMARTS) is 2. The average Bonchev–Trinajstić information content (AvgIpc) is 2.68. The quantitative estimate of drug-likeness (QED) is 0.423. The van der Waals surface area contributed by atoms with Crippen LogP contribution in [0, 0.1) is 0 Å². The van der Waals surface area contributed by atoms with Crippen LogP contribution in [0.25, 0.3) is 0 Å². The molecule has 0 amide bonds. The molecule has 0 fully saturated rings. The lowest BCUT2D eigenvalue weighted by molar-refractivity contribution is -0.143. The van der Waals surface area contributed by atoms with Crippen LogP contribution in [0.4, 0.5) is 0 Å². The van der Waals surface area contributed by atoms with E-state index in [4.69, 9.17) is 27.9 Å². The molecular formula is C19H31NO7. The molecule has 1 aromatic rings. The average molecular weight is 391 g/mol. The summed E-state index contributed by atoms with van der Waals surface area (Å²) in [7, 11) is 1.63. The predicted molar refractivity (Wildman–Crippen MR) is 101 cm³/mol. The predicted octanol–water partition coefficient (Wildman–Crippen LogP) is 1.55. The van der Waals surface area contributed by atoms with Crippen LogP contribution in [0.3, 0.4) is 0 Å². The van der Waals surface area contributed by atoms with Crippen LogP contribution in [0.5, 0.6) is 5.75 Å². The van der Waals surface area contributed by atoms with Gasteiger partial charge in [0.1, 0.15) is 18.5 Å². The summed E-state index contributed by atoms with van der Waals surface area (Å²) in [4.78, 5) is 19.3. The van der Waals surface area contributed by atoms with Crippen molar-refractivity contribution in [1.29, 1.82) is 0 Å². The Labute approximate surface area is 168 Å². The summed E-state index contributed by atoms with van der Waals surface area (Å²) < 4.78 is 54.1. The molecule has 154 valence electrons. The van der Waals surface area contributed by atoms with E-state index >= 15 is 0 Å². The second kappa shape index (κ2) is 15.0. The van der Waals surface area contributed by atoms with Gasteiger partial charge in [0.15, 0.2) is 0 Å². The van der Waals surface area contributed by atoms with E-state index in [9.17, 15) is 14.7 Å². The lowest BCUT2D eigenvalue weighted by Gasteiger charge is -2.15. The molecule has 0 aliphatic carbocycles. The molecule has 0 heterocycles. The largest absolute Gasteiger partial charge is 0.491 e. The van der Waals surface area contributed by atoms with Crippen LogP contribution in [-0.2, 0) is 20.7 Å². The molecular weight excluding hydrogens is 354 g/mol. The Bertz CT molecular complexity index is 682. The minimum atomic E-state index is -2.69. The molecule has 1 rings (SSSR count). The third-order valence-corrected chi connectivity index (χ3v) is 3.07. The Balaban J connectivity index is 0.00000109. The van der Waals surface area contributed by atoms with Gasteiger partial charge in [0.25, 0.3) is 0 Å². The molecule has 0 radical (unpaired) electrons. The first kappa shape index (κ1) is 15.9. The van der Waals surface area contributed by atoms with E-state index in [0.29, 0.717) is 12.4 Å². The van der Waals surface area contributed by atoms with Crippen molar-refractivity contribution >= 4 is 11.9 Å². The maximum atomic E-state index is 9.89. The number of ether oxygens (including phenoxy) is 2. The highest BCUT2D eigenvalue weighted by Crippen LogP contribution is 2.12. The maximum Gasteiger partial charge on any atom is 0.303 e. The van der Waals surface area contributed by atoms with Crippen molar-refractivity contribution in [3.8, 4) is 5.75 Å². The van der Waals surface area contributed by atoms with Crippen LogP contribution < -0.4 is 10.1 Å². The van der Waals surface area contributed by atoms with Crippen LogP contribution in [-0.4, -0.2) is 66.3 Å². The minimum Gasteiger partial charge on any atom is -0.491 e. The second-order valence-corrected chi connectivity index (χ2v) is 5.48. The molecule has 1 unspecified atom stereocenters. The van der Waals surface area contributed by atoms with E-state index in [-0.39, 0.29) is 26.0 Å². The van der Waals surface area contributed by atoms with Gasteiger partial charge in [0, 0.05) is 27.9 Å². The highest BCUT2D eigenvalue weighted by molar-refractivity contribution is 5.75. The van der Waals surface area contributed by atoms with Gasteiger partial charge in [-0.05, 0) is 24.1 Å². The van der Waals surface area contributed by atoms with Crippen molar-refractivity contribution in [1.82, 2.24) is 5.32 Å². The fourth-order valence-electron chi connectivity index (χ4n) is 1.69. The van der Waals surface area contributed by atoms with Gasteiger partial charge in [-0.1, -0.05) is 25.8 Å². The third-order valence-electron chi connectivity index (χ3n) is 3.07. The Morgan fingerprint density at radius 1 is 1.15 bits per heavy atom. The number of methoxy groups -OCH3 is 1. The van der Waals surface area contributed by atoms with Crippen molar-refractivity contribution in [2.75, 3.05) is 26.9 Å². The normalized spacial score (nSPS) is 15.7. The zero-order chi connectivity index (χ0) is 25.7. The lowest BCUT2D eigenvalue weighted by Crippen LogP contribution is -2.35. The van der Waals surface area contributed by atoms with E-state index < -0.39 is 37.8 Å². The summed E-state index contributed by atoms with van der Waals surface area (Å²) in [6.07, 6.45) is -0.847. The standard InChI is InChI=1S/C15H25NO3.C4H6O4/c1-12(2)16-10-14(17)11-19-15-6-4-13(5-7-15)8-9-18-3;5-3(6)1-2-4(7)8/h4-7,12,14,16-17H,8-11H2,1-3H3;1-2H2,(H,5,6)(H,7,8)/i1D3,2D3;. The topological polar surface area (TPSA) is 125 Å². The van der Waals surface area contributed by atoms with Crippen molar-refractivity contribution in [2.24, 2.45) is 0 Å². The molecule has 0 aliphatic rings. The molecule has 8 heteroatoms. The summed E-state index contributed by atoms with van der Waals surface area (Å²) >= 11 is 0. The molecule has 0 saturated carbocycles. The number of hydrogen-bond acceptors (Lipinski definition) is 6. The number of aliphatic carboxylic acids is 2. The highest BCUT2D eigenvalue weighted by atomic mass is 16.5. The summed E-state index contributed by atoms with van der Waals surface area (Å²) in [6, 6.07) is 5.60. The van der Waals surface area contributed by atoms with Gasteiger partial charge in [-0.2, -0.15) is 0 Å². The molecule has 0 spiro atoms. The fourth-order valence-corrected chi connectivity index (χ4v) is 1.69. The van der Waals surface area contributed by atoms with Crippen LogP contribution in [0.15, 0.2) is 24.3 Å². The van der Waals surface area contributed by atoms with Crippen molar-refractivity contribution in [3.05, 3.63) is 29.8 Å². The number of carboxylic acids is 2. The summed E-state index contributed by atoms with van der Waals surface area (Å²) in [5.41, 5.74) is 1.09. The zero-order valence-electron chi connectivity index (χ0n) is 21.2. The Hall–Kier alpha value is -2.16. The maximum absolute atomic E-state index is 9.89. The van der Waals surface area contributed by atoms with Gasteiger partial charge in [-0.15, -0.1) is 0 Å². The van der Waals surface area contributed by atoms with E-state index in [1.807, 2.05) is 12.1 Å². The highest BCUT2D eigenvalue weighted by Gasteiger charge is 2.06. The minimum absolute atomic E-state index is 0.0842. The smallest absolute Gasteiger partial charge is 0.303 e.